The van der Waals surface area contributed by atoms with E-state index in [2.05, 4.69) is 5.32 Å². The van der Waals surface area contributed by atoms with Gasteiger partial charge >= 0.3 is 12.0 Å². The molecule has 6 heteroatoms. The van der Waals surface area contributed by atoms with Gasteiger partial charge in [0.15, 0.2) is 0 Å². The summed E-state index contributed by atoms with van der Waals surface area (Å²) >= 11 is 1.89. The number of hydrogen-bond donors (Lipinski definition) is 2. The smallest absolute Gasteiger partial charge is 0.317 e. The molecule has 1 saturated heterocycles. The van der Waals surface area contributed by atoms with Gasteiger partial charge in [0.05, 0.1) is 5.92 Å². The maximum absolute atomic E-state index is 12.1. The summed E-state index contributed by atoms with van der Waals surface area (Å²) in [4.78, 5) is 25.2. The van der Waals surface area contributed by atoms with Gasteiger partial charge in [-0.2, -0.15) is 11.8 Å². The third-order valence-corrected chi connectivity index (χ3v) is 5.30. The van der Waals surface area contributed by atoms with Crippen LogP contribution in [0.3, 0.4) is 0 Å². The molecule has 20 heavy (non-hydrogen) atoms. The zero-order chi connectivity index (χ0) is 14.4. The van der Waals surface area contributed by atoms with Crippen molar-refractivity contribution in [3.63, 3.8) is 0 Å². The fourth-order valence-corrected chi connectivity index (χ4v) is 3.94. The minimum atomic E-state index is -0.713. The molecule has 2 unspecified atom stereocenters. The van der Waals surface area contributed by atoms with Crippen LogP contribution in [0.15, 0.2) is 0 Å². The van der Waals surface area contributed by atoms with E-state index in [4.69, 9.17) is 0 Å². The van der Waals surface area contributed by atoms with E-state index < -0.39 is 5.97 Å². The fraction of sp³-hybridized carbons (Fsp3) is 0.857. The summed E-state index contributed by atoms with van der Waals surface area (Å²) in [7, 11) is 0. The summed E-state index contributed by atoms with van der Waals surface area (Å²) in [5.41, 5.74) is 0. The van der Waals surface area contributed by atoms with E-state index in [-0.39, 0.29) is 17.9 Å². The number of rotatable bonds is 3. The van der Waals surface area contributed by atoms with Crippen molar-refractivity contribution in [3.8, 4) is 0 Å². The predicted octanol–water partition coefficient (Wildman–Crippen LogP) is 2.03. The third kappa shape index (κ3) is 4.30. The molecular formula is C14H24N2O3S. The SMILES string of the molecule is O=C(O)C1CCCCC1CNC(=O)N1CCCSCC1. The Hall–Kier alpha value is -0.910. The van der Waals surface area contributed by atoms with E-state index >= 15 is 0 Å². The van der Waals surface area contributed by atoms with E-state index in [0.29, 0.717) is 6.54 Å². The Labute approximate surface area is 124 Å². The third-order valence-electron chi connectivity index (χ3n) is 4.25. The van der Waals surface area contributed by atoms with Crippen LogP contribution in [0.1, 0.15) is 32.1 Å². The number of hydrogen-bond acceptors (Lipinski definition) is 3. The lowest BCUT2D eigenvalue weighted by atomic mass is 9.79. The molecule has 0 aromatic carbocycles. The number of nitrogens with zero attached hydrogens (tertiary/aromatic N) is 1. The number of amides is 2. The zero-order valence-electron chi connectivity index (χ0n) is 11.8. The van der Waals surface area contributed by atoms with Crippen LogP contribution in [-0.2, 0) is 4.79 Å². The zero-order valence-corrected chi connectivity index (χ0v) is 12.7. The molecule has 114 valence electrons. The molecule has 2 aliphatic rings. The standard InChI is InChI=1S/C14H24N2O3S/c17-13(18)12-5-2-1-4-11(12)10-15-14(19)16-6-3-8-20-9-7-16/h11-12H,1-10H2,(H,15,19)(H,17,18). The normalized spacial score (nSPS) is 27.7. The van der Waals surface area contributed by atoms with Gasteiger partial charge in [-0.15, -0.1) is 0 Å². The molecule has 1 aliphatic carbocycles. The van der Waals surface area contributed by atoms with Gasteiger partial charge in [0, 0.05) is 25.4 Å². The monoisotopic (exact) mass is 300 g/mol. The Morgan fingerprint density at radius 1 is 1.15 bits per heavy atom. The van der Waals surface area contributed by atoms with Gasteiger partial charge in [-0.1, -0.05) is 12.8 Å². The minimum absolute atomic E-state index is 0.0257. The lowest BCUT2D eigenvalue weighted by molar-refractivity contribution is -0.144. The van der Waals surface area contributed by atoms with Gasteiger partial charge in [0.2, 0.25) is 0 Å². The van der Waals surface area contributed by atoms with E-state index in [9.17, 15) is 14.7 Å². The Balaban J connectivity index is 1.80. The van der Waals surface area contributed by atoms with E-state index in [0.717, 1.165) is 56.7 Å². The summed E-state index contributed by atoms with van der Waals surface area (Å²) in [6.45, 7) is 2.11. The molecule has 2 fully saturated rings. The van der Waals surface area contributed by atoms with Crippen molar-refractivity contribution < 1.29 is 14.7 Å². The second-order valence-corrected chi connectivity index (χ2v) is 6.85. The number of urea groups is 1. The Morgan fingerprint density at radius 2 is 1.95 bits per heavy atom. The summed E-state index contributed by atoms with van der Waals surface area (Å²) in [5, 5.41) is 12.2. The highest BCUT2D eigenvalue weighted by Gasteiger charge is 2.31. The van der Waals surface area contributed by atoms with Crippen molar-refractivity contribution in [2.75, 3.05) is 31.1 Å². The van der Waals surface area contributed by atoms with Gasteiger partial charge in [0.25, 0.3) is 0 Å². The first-order valence-corrected chi connectivity index (χ1v) is 8.67. The van der Waals surface area contributed by atoms with Crippen LogP contribution in [0.5, 0.6) is 0 Å². The minimum Gasteiger partial charge on any atom is -0.481 e. The predicted molar refractivity (Wildman–Crippen MR) is 80.0 cm³/mol. The van der Waals surface area contributed by atoms with E-state index in [1.807, 2.05) is 16.7 Å². The number of carbonyl (C=O) groups is 2. The van der Waals surface area contributed by atoms with Crippen LogP contribution in [0.2, 0.25) is 0 Å². The summed E-state index contributed by atoms with van der Waals surface area (Å²) in [5.74, 6) is 1.20. The highest BCUT2D eigenvalue weighted by atomic mass is 32.2. The van der Waals surface area contributed by atoms with Crippen LogP contribution in [-0.4, -0.2) is 53.1 Å². The number of nitrogens with one attached hydrogen (secondary N) is 1. The molecule has 2 atom stereocenters. The molecule has 2 N–H and O–H groups in total. The quantitative estimate of drug-likeness (QED) is 0.836. The molecule has 2 rings (SSSR count). The first-order valence-electron chi connectivity index (χ1n) is 7.52. The molecule has 1 heterocycles. The maximum atomic E-state index is 12.1. The molecule has 0 aromatic heterocycles. The van der Waals surface area contributed by atoms with Crippen molar-refractivity contribution in [1.82, 2.24) is 10.2 Å². The Bertz CT molecular complexity index is 343. The average molecular weight is 300 g/mol. The number of carboxylic acids is 1. The van der Waals surface area contributed by atoms with Crippen molar-refractivity contribution in [2.24, 2.45) is 11.8 Å². The highest BCUT2D eigenvalue weighted by Crippen LogP contribution is 2.29. The topological polar surface area (TPSA) is 69.6 Å². The fourth-order valence-electron chi connectivity index (χ4n) is 3.06. The van der Waals surface area contributed by atoms with Crippen LogP contribution < -0.4 is 5.32 Å². The number of thioether (sulfide) groups is 1. The first-order chi connectivity index (χ1) is 9.68. The summed E-state index contributed by atoms with van der Waals surface area (Å²) in [6.07, 6.45) is 4.76. The molecule has 0 spiro atoms. The molecule has 0 radical (unpaired) electrons. The largest absolute Gasteiger partial charge is 0.481 e. The Morgan fingerprint density at radius 3 is 2.75 bits per heavy atom. The molecule has 0 bridgehead atoms. The van der Waals surface area contributed by atoms with E-state index in [1.54, 1.807) is 0 Å². The van der Waals surface area contributed by atoms with Gasteiger partial charge < -0.3 is 15.3 Å². The van der Waals surface area contributed by atoms with Crippen molar-refractivity contribution in [1.29, 1.82) is 0 Å². The molecule has 5 nitrogen and oxygen atoms in total. The van der Waals surface area contributed by atoms with Crippen molar-refractivity contribution >= 4 is 23.8 Å². The van der Waals surface area contributed by atoms with Crippen LogP contribution >= 0.6 is 11.8 Å². The summed E-state index contributed by atoms with van der Waals surface area (Å²) < 4.78 is 0. The second-order valence-electron chi connectivity index (χ2n) is 5.63. The van der Waals surface area contributed by atoms with Gasteiger partial charge in [-0.25, -0.2) is 4.79 Å². The first kappa shape index (κ1) is 15.5. The second kappa shape index (κ2) is 7.76. The molecular weight excluding hydrogens is 276 g/mol. The van der Waals surface area contributed by atoms with Gasteiger partial charge in [0.1, 0.15) is 0 Å². The highest BCUT2D eigenvalue weighted by molar-refractivity contribution is 7.99. The van der Waals surface area contributed by atoms with Gasteiger partial charge in [-0.05, 0) is 30.9 Å². The lowest BCUT2D eigenvalue weighted by Crippen LogP contribution is -2.44. The maximum Gasteiger partial charge on any atom is 0.317 e. The van der Waals surface area contributed by atoms with Gasteiger partial charge in [-0.3, -0.25) is 4.79 Å². The van der Waals surface area contributed by atoms with E-state index in [1.165, 1.54) is 0 Å². The number of carbonyl (C=O) groups excluding carboxylic acids is 1. The molecule has 1 aliphatic heterocycles. The van der Waals surface area contributed by atoms with Crippen LogP contribution in [0.4, 0.5) is 4.79 Å². The van der Waals surface area contributed by atoms with Crippen molar-refractivity contribution in [2.45, 2.75) is 32.1 Å². The summed E-state index contributed by atoms with van der Waals surface area (Å²) in [6, 6.07) is -0.0257. The van der Waals surface area contributed by atoms with Crippen LogP contribution in [0, 0.1) is 11.8 Å². The average Bonchev–Trinajstić information content (AvgIpc) is 2.74. The van der Waals surface area contributed by atoms with Crippen LogP contribution in [0.25, 0.3) is 0 Å². The van der Waals surface area contributed by atoms with Crippen molar-refractivity contribution in [3.05, 3.63) is 0 Å². The Kier molecular flexibility index (Phi) is 6.01. The molecule has 1 saturated carbocycles. The molecule has 0 aromatic rings. The number of carboxylic acid groups (broad SMARTS) is 1. The number of aliphatic carboxylic acids is 1. The lowest BCUT2D eigenvalue weighted by Gasteiger charge is -2.29. The molecule has 2 amide bonds.